The molecule has 0 spiro atoms. The molecule has 1 atom stereocenters. The predicted octanol–water partition coefficient (Wildman–Crippen LogP) is 4.17. The van der Waals surface area contributed by atoms with E-state index in [1.807, 2.05) is 54.5 Å². The lowest BCUT2D eigenvalue weighted by Gasteiger charge is -2.31. The fraction of sp³-hybridized carbons (Fsp3) is 0.364. The third-order valence-corrected chi connectivity index (χ3v) is 7.07. The van der Waals surface area contributed by atoms with Crippen LogP contribution in [0.1, 0.15) is 23.4 Å². The molecule has 1 unspecified atom stereocenters. The maximum atomic E-state index is 12.8. The third-order valence-electron chi connectivity index (χ3n) is 5.32. The standard InChI is InChI=1S/C22H25N5O2S2/c1-14-15(2)31-22(23-14)25-19(28)12-27-10-6-9-17(11-27)20(29)26-21-24-18(13-30-21)16-7-4-3-5-8-16/h3-5,7-8,13,17H,6,9-12H2,1-2H3,(H,23,25,28)(H,24,26,29). The van der Waals surface area contributed by atoms with Gasteiger partial charge in [-0.25, -0.2) is 9.97 Å². The van der Waals surface area contributed by atoms with Crippen molar-refractivity contribution in [3.8, 4) is 11.3 Å². The van der Waals surface area contributed by atoms with Gasteiger partial charge in [-0.1, -0.05) is 30.3 Å². The average molecular weight is 456 g/mol. The number of piperidine rings is 1. The van der Waals surface area contributed by atoms with Crippen LogP contribution in [0.3, 0.4) is 0 Å². The molecule has 0 aliphatic carbocycles. The van der Waals surface area contributed by atoms with Crippen LogP contribution in [-0.4, -0.2) is 46.3 Å². The maximum Gasteiger partial charge on any atom is 0.240 e. The van der Waals surface area contributed by atoms with Crippen molar-refractivity contribution in [2.75, 3.05) is 30.3 Å². The third kappa shape index (κ3) is 5.55. The molecule has 1 aliphatic heterocycles. The Bertz CT molecular complexity index is 1040. The monoisotopic (exact) mass is 455 g/mol. The molecule has 0 saturated carbocycles. The molecule has 1 fully saturated rings. The highest BCUT2D eigenvalue weighted by Crippen LogP contribution is 2.26. The van der Waals surface area contributed by atoms with Gasteiger partial charge in [-0.15, -0.1) is 22.7 Å². The first kappa shape index (κ1) is 21.6. The molecule has 2 N–H and O–H groups in total. The SMILES string of the molecule is Cc1nc(NC(=O)CN2CCCC(C(=O)Nc3nc(-c4ccccc4)cs3)C2)sc1C. The van der Waals surface area contributed by atoms with Crippen molar-refractivity contribution in [2.45, 2.75) is 26.7 Å². The van der Waals surface area contributed by atoms with Crippen molar-refractivity contribution in [2.24, 2.45) is 5.92 Å². The van der Waals surface area contributed by atoms with Gasteiger partial charge in [0.2, 0.25) is 11.8 Å². The van der Waals surface area contributed by atoms with Crippen LogP contribution in [0.4, 0.5) is 10.3 Å². The minimum Gasteiger partial charge on any atom is -0.302 e. The number of aromatic nitrogens is 2. The summed E-state index contributed by atoms with van der Waals surface area (Å²) < 4.78 is 0. The first-order valence-corrected chi connectivity index (χ1v) is 12.0. The Kier molecular flexibility index (Phi) is 6.74. The lowest BCUT2D eigenvalue weighted by molar-refractivity contribution is -0.123. The number of carbonyl (C=O) groups excluding carboxylic acids is 2. The number of likely N-dealkylation sites (tertiary alicyclic amines) is 1. The van der Waals surface area contributed by atoms with Crippen LogP contribution in [0, 0.1) is 19.8 Å². The Labute approximate surface area is 189 Å². The molecule has 3 heterocycles. The molecule has 1 aromatic carbocycles. The van der Waals surface area contributed by atoms with E-state index in [1.165, 1.54) is 22.7 Å². The molecule has 1 aliphatic rings. The van der Waals surface area contributed by atoms with Crippen LogP contribution >= 0.6 is 22.7 Å². The minimum absolute atomic E-state index is 0.0368. The van der Waals surface area contributed by atoms with E-state index in [9.17, 15) is 9.59 Å². The Morgan fingerprint density at radius 1 is 1.13 bits per heavy atom. The van der Waals surface area contributed by atoms with Gasteiger partial charge >= 0.3 is 0 Å². The Hall–Kier alpha value is -2.62. The summed E-state index contributed by atoms with van der Waals surface area (Å²) in [5.74, 6) is -0.289. The number of thiazole rings is 2. The number of nitrogens with zero attached hydrogens (tertiary/aromatic N) is 3. The highest BCUT2D eigenvalue weighted by molar-refractivity contribution is 7.15. The summed E-state index contributed by atoms with van der Waals surface area (Å²) in [5.41, 5.74) is 2.82. The first-order chi connectivity index (χ1) is 15.0. The van der Waals surface area contributed by atoms with Crippen LogP contribution in [0.2, 0.25) is 0 Å². The molecule has 9 heteroatoms. The molecule has 2 aromatic heterocycles. The molecule has 1 saturated heterocycles. The number of hydrogen-bond acceptors (Lipinski definition) is 7. The van der Waals surface area contributed by atoms with Gasteiger partial charge in [0.15, 0.2) is 10.3 Å². The van der Waals surface area contributed by atoms with Crippen molar-refractivity contribution in [1.29, 1.82) is 0 Å². The number of benzene rings is 1. The van der Waals surface area contributed by atoms with Gasteiger partial charge in [0, 0.05) is 22.4 Å². The van der Waals surface area contributed by atoms with Crippen LogP contribution in [-0.2, 0) is 9.59 Å². The lowest BCUT2D eigenvalue weighted by atomic mass is 9.97. The molecule has 4 rings (SSSR count). The summed E-state index contributed by atoms with van der Waals surface area (Å²) in [6, 6.07) is 9.90. The summed E-state index contributed by atoms with van der Waals surface area (Å²) in [6.07, 6.45) is 1.69. The van der Waals surface area contributed by atoms with Crippen molar-refractivity contribution in [3.05, 3.63) is 46.3 Å². The Morgan fingerprint density at radius 2 is 1.94 bits per heavy atom. The molecule has 0 bridgehead atoms. The van der Waals surface area contributed by atoms with E-state index in [0.717, 1.165) is 41.2 Å². The van der Waals surface area contributed by atoms with Crippen LogP contribution in [0.15, 0.2) is 35.7 Å². The van der Waals surface area contributed by atoms with Gasteiger partial charge in [-0.05, 0) is 33.2 Å². The Morgan fingerprint density at radius 3 is 2.68 bits per heavy atom. The largest absolute Gasteiger partial charge is 0.302 e. The molecule has 2 amide bonds. The summed E-state index contributed by atoms with van der Waals surface area (Å²) in [6.45, 7) is 5.55. The second kappa shape index (κ2) is 9.67. The summed E-state index contributed by atoms with van der Waals surface area (Å²) in [5, 5.41) is 9.01. The summed E-state index contributed by atoms with van der Waals surface area (Å²) >= 11 is 2.91. The van der Waals surface area contributed by atoms with Gasteiger partial charge in [0.25, 0.3) is 0 Å². The van der Waals surface area contributed by atoms with E-state index in [4.69, 9.17) is 0 Å². The van der Waals surface area contributed by atoms with Crippen molar-refractivity contribution >= 4 is 44.8 Å². The van der Waals surface area contributed by atoms with E-state index in [0.29, 0.717) is 16.8 Å². The zero-order chi connectivity index (χ0) is 21.8. The van der Waals surface area contributed by atoms with E-state index >= 15 is 0 Å². The zero-order valence-corrected chi connectivity index (χ0v) is 19.2. The van der Waals surface area contributed by atoms with Gasteiger partial charge < -0.3 is 10.6 Å². The number of hydrogen-bond donors (Lipinski definition) is 2. The topological polar surface area (TPSA) is 87.2 Å². The molecule has 0 radical (unpaired) electrons. The molecular formula is C22H25N5O2S2. The van der Waals surface area contributed by atoms with Crippen LogP contribution in [0.5, 0.6) is 0 Å². The zero-order valence-electron chi connectivity index (χ0n) is 17.6. The number of nitrogens with one attached hydrogen (secondary N) is 2. The fourth-order valence-corrected chi connectivity index (χ4v) is 5.13. The molecule has 31 heavy (non-hydrogen) atoms. The van der Waals surface area contributed by atoms with Gasteiger partial charge in [-0.3, -0.25) is 14.5 Å². The predicted molar refractivity (Wildman–Crippen MR) is 126 cm³/mol. The second-order valence-corrected chi connectivity index (χ2v) is 9.74. The first-order valence-electron chi connectivity index (χ1n) is 10.3. The maximum absolute atomic E-state index is 12.8. The van der Waals surface area contributed by atoms with Crippen molar-refractivity contribution in [3.63, 3.8) is 0 Å². The lowest BCUT2D eigenvalue weighted by Crippen LogP contribution is -2.43. The number of anilines is 2. The van der Waals surface area contributed by atoms with Crippen LogP contribution < -0.4 is 10.6 Å². The smallest absolute Gasteiger partial charge is 0.240 e. The van der Waals surface area contributed by atoms with E-state index in [1.54, 1.807) is 0 Å². The molecule has 7 nitrogen and oxygen atoms in total. The summed E-state index contributed by atoms with van der Waals surface area (Å²) in [4.78, 5) is 37.2. The molecular weight excluding hydrogens is 430 g/mol. The van der Waals surface area contributed by atoms with Gasteiger partial charge in [0.1, 0.15) is 0 Å². The number of rotatable bonds is 6. The number of aryl methyl sites for hydroxylation is 2. The Balaban J connectivity index is 1.30. The average Bonchev–Trinajstić information content (AvgIpc) is 3.35. The summed E-state index contributed by atoms with van der Waals surface area (Å²) in [7, 11) is 0. The molecule has 3 aromatic rings. The van der Waals surface area contributed by atoms with Gasteiger partial charge in [-0.2, -0.15) is 0 Å². The van der Waals surface area contributed by atoms with E-state index < -0.39 is 0 Å². The van der Waals surface area contributed by atoms with Gasteiger partial charge in [0.05, 0.1) is 23.9 Å². The second-order valence-electron chi connectivity index (χ2n) is 7.68. The van der Waals surface area contributed by atoms with Crippen LogP contribution in [0.25, 0.3) is 11.3 Å². The quantitative estimate of drug-likeness (QED) is 0.582. The minimum atomic E-state index is -0.157. The van der Waals surface area contributed by atoms with E-state index in [-0.39, 0.29) is 24.3 Å². The van der Waals surface area contributed by atoms with Crippen molar-refractivity contribution < 1.29 is 9.59 Å². The highest BCUT2D eigenvalue weighted by atomic mass is 32.1. The van der Waals surface area contributed by atoms with E-state index in [2.05, 4.69) is 20.6 Å². The highest BCUT2D eigenvalue weighted by Gasteiger charge is 2.27. The molecule has 162 valence electrons. The fourth-order valence-electron chi connectivity index (χ4n) is 3.58. The normalized spacial score (nSPS) is 16.8. The number of amides is 2. The number of carbonyl (C=O) groups is 2. The van der Waals surface area contributed by atoms with Crippen molar-refractivity contribution in [1.82, 2.24) is 14.9 Å².